The zero-order valence-corrected chi connectivity index (χ0v) is 14.7. The van der Waals surface area contributed by atoms with E-state index in [9.17, 15) is 9.59 Å². The Labute approximate surface area is 141 Å². The highest BCUT2D eigenvalue weighted by Gasteiger charge is 2.19. The lowest BCUT2D eigenvalue weighted by Gasteiger charge is -2.21. The number of halogens is 2. The summed E-state index contributed by atoms with van der Waals surface area (Å²) in [6.07, 6.45) is 0. The normalized spacial score (nSPS) is 12.6. The van der Waals surface area contributed by atoms with Crippen LogP contribution in [0.5, 0.6) is 0 Å². The number of anilines is 1. The molecule has 7 heteroatoms. The number of quaternary nitrogens is 1. The molecule has 0 aliphatic rings. The van der Waals surface area contributed by atoms with Crippen LogP contribution in [0.4, 0.5) is 5.69 Å². The zero-order chi connectivity index (χ0) is 16.9. The van der Waals surface area contributed by atoms with Gasteiger partial charge in [-0.15, -0.1) is 0 Å². The third kappa shape index (κ3) is 6.64. The summed E-state index contributed by atoms with van der Waals surface area (Å²) in [7, 11) is 1.77. The van der Waals surface area contributed by atoms with Crippen molar-refractivity contribution in [2.45, 2.75) is 26.3 Å². The molecule has 0 aromatic heterocycles. The molecule has 1 aromatic rings. The van der Waals surface area contributed by atoms with Crippen LogP contribution in [0.25, 0.3) is 0 Å². The zero-order valence-electron chi connectivity index (χ0n) is 13.2. The van der Waals surface area contributed by atoms with Crippen molar-refractivity contribution < 1.29 is 14.5 Å². The number of hydrogen-bond acceptors (Lipinski definition) is 2. The molecule has 2 amide bonds. The second kappa shape index (κ2) is 7.81. The van der Waals surface area contributed by atoms with Gasteiger partial charge in [0.1, 0.15) is 0 Å². The van der Waals surface area contributed by atoms with E-state index in [1.54, 1.807) is 25.2 Å². The molecule has 0 fully saturated rings. The van der Waals surface area contributed by atoms with Crippen molar-refractivity contribution in [1.29, 1.82) is 0 Å². The van der Waals surface area contributed by atoms with Gasteiger partial charge >= 0.3 is 0 Å². The lowest BCUT2D eigenvalue weighted by molar-refractivity contribution is -0.862. The van der Waals surface area contributed by atoms with Gasteiger partial charge in [0.25, 0.3) is 11.8 Å². The Morgan fingerprint density at radius 3 is 2.09 bits per heavy atom. The summed E-state index contributed by atoms with van der Waals surface area (Å²) < 4.78 is 0. The first-order valence-electron chi connectivity index (χ1n) is 6.94. The predicted octanol–water partition coefficient (Wildman–Crippen LogP) is 1.36. The summed E-state index contributed by atoms with van der Waals surface area (Å²) in [6, 6.07) is 5.00. The first-order valence-corrected chi connectivity index (χ1v) is 7.70. The van der Waals surface area contributed by atoms with Crippen LogP contribution in [0.1, 0.15) is 20.8 Å². The SMILES string of the molecule is C[NH+](CC(=O)Nc1c(Cl)cccc1Cl)CC(=O)NC(C)(C)C. The molecule has 0 aliphatic carbocycles. The fraction of sp³-hybridized carbons (Fsp3) is 0.467. The van der Waals surface area contributed by atoms with Gasteiger partial charge in [-0.25, -0.2) is 0 Å². The van der Waals surface area contributed by atoms with E-state index in [0.29, 0.717) is 15.7 Å². The van der Waals surface area contributed by atoms with E-state index < -0.39 is 0 Å². The molecule has 0 saturated heterocycles. The highest BCUT2D eigenvalue weighted by molar-refractivity contribution is 6.39. The summed E-state index contributed by atoms with van der Waals surface area (Å²) in [5.41, 5.74) is 0.104. The Bertz CT molecular complexity index is 536. The molecule has 0 spiro atoms. The molecular formula is C15H22Cl2N3O2+. The molecule has 1 unspecified atom stereocenters. The number of hydrogen-bond donors (Lipinski definition) is 3. The number of nitrogens with one attached hydrogen (secondary N) is 3. The van der Waals surface area contributed by atoms with Crippen LogP contribution in [0, 0.1) is 0 Å². The van der Waals surface area contributed by atoms with E-state index in [0.717, 1.165) is 4.90 Å². The fourth-order valence-electron chi connectivity index (χ4n) is 1.87. The van der Waals surface area contributed by atoms with Crippen molar-refractivity contribution in [2.24, 2.45) is 0 Å². The molecule has 0 saturated carbocycles. The maximum Gasteiger partial charge on any atom is 0.279 e. The van der Waals surface area contributed by atoms with Crippen LogP contribution in [0.15, 0.2) is 18.2 Å². The molecule has 122 valence electrons. The lowest BCUT2D eigenvalue weighted by atomic mass is 10.1. The van der Waals surface area contributed by atoms with Gasteiger partial charge in [0.15, 0.2) is 13.1 Å². The van der Waals surface area contributed by atoms with Crippen molar-refractivity contribution in [3.63, 3.8) is 0 Å². The van der Waals surface area contributed by atoms with Crippen molar-refractivity contribution >= 4 is 40.7 Å². The largest absolute Gasteiger partial charge is 0.347 e. The number of likely N-dealkylation sites (N-methyl/N-ethyl adjacent to an activating group) is 1. The molecule has 1 aromatic carbocycles. The molecule has 0 radical (unpaired) electrons. The number of carbonyl (C=O) groups excluding carboxylic acids is 2. The molecule has 0 bridgehead atoms. The topological polar surface area (TPSA) is 62.6 Å². The van der Waals surface area contributed by atoms with Gasteiger partial charge in [-0.3, -0.25) is 9.59 Å². The van der Waals surface area contributed by atoms with Crippen LogP contribution in [0.3, 0.4) is 0 Å². The Hall–Kier alpha value is -1.30. The molecular weight excluding hydrogens is 325 g/mol. The molecule has 1 rings (SSSR count). The number of carbonyl (C=O) groups is 2. The Balaban J connectivity index is 2.53. The Kier molecular flexibility index (Phi) is 6.66. The minimum absolute atomic E-state index is 0.103. The average molecular weight is 347 g/mol. The predicted molar refractivity (Wildman–Crippen MR) is 89.6 cm³/mol. The van der Waals surface area contributed by atoms with Gasteiger partial charge in [-0.05, 0) is 32.9 Å². The second-order valence-electron chi connectivity index (χ2n) is 6.25. The number of amides is 2. The average Bonchev–Trinajstić information content (AvgIpc) is 2.31. The number of benzene rings is 1. The maximum absolute atomic E-state index is 12.0. The Morgan fingerprint density at radius 1 is 1.09 bits per heavy atom. The van der Waals surface area contributed by atoms with Gasteiger partial charge < -0.3 is 15.5 Å². The summed E-state index contributed by atoms with van der Waals surface area (Å²) in [5, 5.41) is 6.29. The molecule has 1 atom stereocenters. The Morgan fingerprint density at radius 2 is 1.59 bits per heavy atom. The first-order chi connectivity index (χ1) is 10.1. The van der Waals surface area contributed by atoms with Crippen molar-refractivity contribution in [1.82, 2.24) is 5.32 Å². The van der Waals surface area contributed by atoms with E-state index in [4.69, 9.17) is 23.2 Å². The van der Waals surface area contributed by atoms with Crippen molar-refractivity contribution in [3.8, 4) is 0 Å². The molecule has 22 heavy (non-hydrogen) atoms. The van der Waals surface area contributed by atoms with Gasteiger partial charge in [-0.1, -0.05) is 29.3 Å². The summed E-state index contributed by atoms with van der Waals surface area (Å²) in [6.45, 7) is 6.07. The third-order valence-corrected chi connectivity index (χ3v) is 3.30. The minimum Gasteiger partial charge on any atom is -0.347 e. The molecule has 5 nitrogen and oxygen atoms in total. The van der Waals surface area contributed by atoms with Crippen LogP contribution in [-0.4, -0.2) is 37.5 Å². The van der Waals surface area contributed by atoms with Crippen LogP contribution in [0.2, 0.25) is 10.0 Å². The van der Waals surface area contributed by atoms with Gasteiger partial charge in [0.05, 0.1) is 22.8 Å². The van der Waals surface area contributed by atoms with E-state index in [-0.39, 0.29) is 30.4 Å². The van der Waals surface area contributed by atoms with E-state index in [1.807, 2.05) is 20.8 Å². The number of para-hydroxylation sites is 1. The van der Waals surface area contributed by atoms with Gasteiger partial charge in [0, 0.05) is 5.54 Å². The van der Waals surface area contributed by atoms with Crippen LogP contribution >= 0.6 is 23.2 Å². The van der Waals surface area contributed by atoms with Gasteiger partial charge in [0.2, 0.25) is 0 Å². The van der Waals surface area contributed by atoms with Crippen molar-refractivity contribution in [3.05, 3.63) is 28.2 Å². The van der Waals surface area contributed by atoms with E-state index in [2.05, 4.69) is 10.6 Å². The maximum atomic E-state index is 12.0. The highest BCUT2D eigenvalue weighted by Crippen LogP contribution is 2.29. The smallest absolute Gasteiger partial charge is 0.279 e. The minimum atomic E-state index is -0.287. The number of rotatable bonds is 5. The van der Waals surface area contributed by atoms with E-state index >= 15 is 0 Å². The highest BCUT2D eigenvalue weighted by atomic mass is 35.5. The summed E-state index contributed by atoms with van der Waals surface area (Å²) in [4.78, 5) is 24.6. The standard InChI is InChI=1S/C15H21Cl2N3O2/c1-15(2,3)19-13(22)9-20(4)8-12(21)18-14-10(16)6-5-7-11(14)17/h5-7H,8-9H2,1-4H3,(H,18,21)(H,19,22)/p+1. The van der Waals surface area contributed by atoms with Crippen LogP contribution < -0.4 is 15.5 Å². The second-order valence-corrected chi connectivity index (χ2v) is 7.07. The summed E-state index contributed by atoms with van der Waals surface area (Å²) >= 11 is 12.0. The van der Waals surface area contributed by atoms with Gasteiger partial charge in [-0.2, -0.15) is 0 Å². The van der Waals surface area contributed by atoms with Crippen LogP contribution in [-0.2, 0) is 9.59 Å². The lowest BCUT2D eigenvalue weighted by Crippen LogP contribution is -3.11. The van der Waals surface area contributed by atoms with Crippen molar-refractivity contribution in [2.75, 3.05) is 25.5 Å². The first kappa shape index (κ1) is 18.7. The third-order valence-electron chi connectivity index (χ3n) is 2.67. The molecule has 0 heterocycles. The molecule has 3 N–H and O–H groups in total. The summed E-state index contributed by atoms with van der Waals surface area (Å²) in [5.74, 6) is -0.357. The van der Waals surface area contributed by atoms with E-state index in [1.165, 1.54) is 0 Å². The quantitative estimate of drug-likeness (QED) is 0.753. The fourth-order valence-corrected chi connectivity index (χ4v) is 2.37. The monoisotopic (exact) mass is 346 g/mol. The molecule has 0 aliphatic heterocycles.